The Morgan fingerprint density at radius 2 is 2.27 bits per heavy atom. The zero-order valence-corrected chi connectivity index (χ0v) is 8.73. The molecule has 0 bridgehead atoms. The third kappa shape index (κ3) is 1.29. The summed E-state index contributed by atoms with van der Waals surface area (Å²) in [5.41, 5.74) is 2.44. The number of benzene rings is 1. The predicted molar refractivity (Wildman–Crippen MR) is 61.0 cm³/mol. The summed E-state index contributed by atoms with van der Waals surface area (Å²) in [6.45, 7) is 0.985. The molecule has 1 aromatic heterocycles. The van der Waals surface area contributed by atoms with Gasteiger partial charge in [0.2, 0.25) is 0 Å². The fourth-order valence-electron chi connectivity index (χ4n) is 1.94. The normalized spacial score (nSPS) is 13.9. The average molecular weight is 219 g/mol. The van der Waals surface area contributed by atoms with Gasteiger partial charge in [-0.3, -0.25) is 0 Å². The zero-order valence-electron chi connectivity index (χ0n) is 7.91. The molecule has 4 heteroatoms. The van der Waals surface area contributed by atoms with Crippen LogP contribution in [-0.2, 0) is 6.42 Å². The average Bonchev–Trinajstić information content (AvgIpc) is 2.77. The van der Waals surface area contributed by atoms with E-state index < -0.39 is 5.97 Å². The van der Waals surface area contributed by atoms with Gasteiger partial charge in [-0.25, -0.2) is 4.79 Å². The molecule has 2 aromatic rings. The summed E-state index contributed by atoms with van der Waals surface area (Å²) >= 11 is 1.33. The number of nitrogens with one attached hydrogen (secondary N) is 1. The highest BCUT2D eigenvalue weighted by atomic mass is 32.1. The quantitative estimate of drug-likeness (QED) is 0.775. The fraction of sp³-hybridized carbons (Fsp3) is 0.182. The summed E-state index contributed by atoms with van der Waals surface area (Å²) in [6.07, 6.45) is 1.03. The smallest absolute Gasteiger partial charge is 0.345 e. The SMILES string of the molecule is O=C(O)c1cc2cc3c(cc2s1)NCC3. The molecule has 2 N–H and O–H groups in total. The first kappa shape index (κ1) is 8.73. The maximum atomic E-state index is 10.8. The summed E-state index contributed by atoms with van der Waals surface area (Å²) in [4.78, 5) is 11.2. The number of rotatable bonds is 1. The lowest BCUT2D eigenvalue weighted by Crippen LogP contribution is -1.90. The van der Waals surface area contributed by atoms with Crippen molar-refractivity contribution in [2.45, 2.75) is 6.42 Å². The van der Waals surface area contributed by atoms with E-state index in [1.165, 1.54) is 16.9 Å². The third-order valence-corrected chi connectivity index (χ3v) is 3.75. The maximum absolute atomic E-state index is 10.8. The van der Waals surface area contributed by atoms with E-state index in [0.717, 1.165) is 28.7 Å². The van der Waals surface area contributed by atoms with Gasteiger partial charge in [-0.15, -0.1) is 11.3 Å². The lowest BCUT2D eigenvalue weighted by molar-refractivity contribution is 0.0702. The Bertz CT molecular complexity index is 518. The lowest BCUT2D eigenvalue weighted by atomic mass is 10.1. The molecule has 1 aliphatic rings. The van der Waals surface area contributed by atoms with E-state index >= 15 is 0 Å². The molecule has 0 aliphatic carbocycles. The van der Waals surface area contributed by atoms with Crippen LogP contribution in [0.1, 0.15) is 15.2 Å². The molecule has 0 fully saturated rings. The highest BCUT2D eigenvalue weighted by Gasteiger charge is 2.14. The van der Waals surface area contributed by atoms with Crippen molar-refractivity contribution in [2.75, 3.05) is 11.9 Å². The van der Waals surface area contributed by atoms with Gasteiger partial charge >= 0.3 is 5.97 Å². The lowest BCUT2D eigenvalue weighted by Gasteiger charge is -1.98. The first-order chi connectivity index (χ1) is 7.24. The molecule has 3 nitrogen and oxygen atoms in total. The molecule has 0 saturated heterocycles. The minimum atomic E-state index is -0.843. The molecule has 1 aromatic carbocycles. The first-order valence-electron chi connectivity index (χ1n) is 4.78. The molecular weight excluding hydrogens is 210 g/mol. The van der Waals surface area contributed by atoms with Crippen LogP contribution in [0.15, 0.2) is 18.2 Å². The van der Waals surface area contributed by atoms with Crippen LogP contribution >= 0.6 is 11.3 Å². The second-order valence-corrected chi connectivity index (χ2v) is 4.72. The molecule has 0 spiro atoms. The number of thiophene rings is 1. The molecule has 1 aliphatic heterocycles. The van der Waals surface area contributed by atoms with Crippen molar-refractivity contribution in [3.05, 3.63) is 28.6 Å². The van der Waals surface area contributed by atoms with Crippen LogP contribution in [-0.4, -0.2) is 17.6 Å². The molecule has 3 rings (SSSR count). The molecule has 0 amide bonds. The highest BCUT2D eigenvalue weighted by molar-refractivity contribution is 7.20. The second kappa shape index (κ2) is 2.97. The second-order valence-electron chi connectivity index (χ2n) is 3.64. The predicted octanol–water partition coefficient (Wildman–Crippen LogP) is 2.57. The van der Waals surface area contributed by atoms with Gasteiger partial charge in [0, 0.05) is 16.9 Å². The van der Waals surface area contributed by atoms with E-state index in [1.807, 2.05) is 0 Å². The number of aromatic carboxylic acids is 1. The van der Waals surface area contributed by atoms with Crippen molar-refractivity contribution in [2.24, 2.45) is 0 Å². The zero-order chi connectivity index (χ0) is 10.4. The number of carbonyl (C=O) groups is 1. The van der Waals surface area contributed by atoms with Gasteiger partial charge in [0.15, 0.2) is 0 Å². The van der Waals surface area contributed by atoms with Crippen LogP contribution in [0.3, 0.4) is 0 Å². The standard InChI is InChI=1S/C11H9NO2S/c13-11(14)10-4-7-3-6-1-2-12-8(6)5-9(7)15-10/h3-5,12H,1-2H2,(H,13,14). The van der Waals surface area contributed by atoms with Crippen molar-refractivity contribution < 1.29 is 9.90 Å². The number of fused-ring (bicyclic) bond motifs is 2. The third-order valence-electron chi connectivity index (χ3n) is 2.66. The van der Waals surface area contributed by atoms with E-state index in [2.05, 4.69) is 17.4 Å². The first-order valence-corrected chi connectivity index (χ1v) is 5.59. The molecule has 2 heterocycles. The summed E-state index contributed by atoms with van der Waals surface area (Å²) < 4.78 is 1.04. The Labute approximate surface area is 90.3 Å². The van der Waals surface area contributed by atoms with E-state index in [4.69, 9.17) is 5.11 Å². The fourth-order valence-corrected chi connectivity index (χ4v) is 2.87. The number of carboxylic acid groups (broad SMARTS) is 1. The Morgan fingerprint density at radius 1 is 1.40 bits per heavy atom. The van der Waals surface area contributed by atoms with Crippen LogP contribution in [0.2, 0.25) is 0 Å². The number of hydrogen-bond acceptors (Lipinski definition) is 3. The van der Waals surface area contributed by atoms with Gasteiger partial charge in [-0.05, 0) is 35.6 Å². The number of anilines is 1. The summed E-state index contributed by atoms with van der Waals surface area (Å²) in [5, 5.41) is 13.2. The highest BCUT2D eigenvalue weighted by Crippen LogP contribution is 2.33. The largest absolute Gasteiger partial charge is 0.477 e. The molecule has 0 atom stereocenters. The van der Waals surface area contributed by atoms with Crippen LogP contribution in [0.25, 0.3) is 10.1 Å². The van der Waals surface area contributed by atoms with Crippen LogP contribution in [0.5, 0.6) is 0 Å². The monoisotopic (exact) mass is 219 g/mol. The van der Waals surface area contributed by atoms with Gasteiger partial charge in [0.1, 0.15) is 4.88 Å². The van der Waals surface area contributed by atoms with E-state index in [-0.39, 0.29) is 0 Å². The van der Waals surface area contributed by atoms with Gasteiger partial charge < -0.3 is 10.4 Å². The van der Waals surface area contributed by atoms with Gasteiger partial charge in [-0.2, -0.15) is 0 Å². The molecular formula is C11H9NO2S. The number of hydrogen-bond donors (Lipinski definition) is 2. The van der Waals surface area contributed by atoms with Gasteiger partial charge in [0.05, 0.1) is 0 Å². The van der Waals surface area contributed by atoms with Crippen molar-refractivity contribution in [3.63, 3.8) is 0 Å². The Kier molecular flexibility index (Phi) is 1.73. The summed E-state index contributed by atoms with van der Waals surface area (Å²) in [6, 6.07) is 5.89. The molecule has 0 saturated carbocycles. The minimum Gasteiger partial charge on any atom is -0.477 e. The van der Waals surface area contributed by atoms with E-state index in [0.29, 0.717) is 4.88 Å². The Hall–Kier alpha value is -1.55. The molecule has 0 radical (unpaired) electrons. The van der Waals surface area contributed by atoms with Gasteiger partial charge in [0.25, 0.3) is 0 Å². The minimum absolute atomic E-state index is 0.411. The molecule has 76 valence electrons. The van der Waals surface area contributed by atoms with Crippen LogP contribution in [0, 0.1) is 0 Å². The van der Waals surface area contributed by atoms with Crippen molar-refractivity contribution in [3.8, 4) is 0 Å². The number of carboxylic acids is 1. The van der Waals surface area contributed by atoms with Crippen molar-refractivity contribution in [1.29, 1.82) is 0 Å². The van der Waals surface area contributed by atoms with E-state index in [1.54, 1.807) is 6.07 Å². The van der Waals surface area contributed by atoms with Crippen molar-refractivity contribution >= 4 is 33.1 Å². The van der Waals surface area contributed by atoms with Crippen molar-refractivity contribution in [1.82, 2.24) is 0 Å². The summed E-state index contributed by atoms with van der Waals surface area (Å²) in [5.74, 6) is -0.843. The topological polar surface area (TPSA) is 49.3 Å². The molecule has 0 unspecified atom stereocenters. The van der Waals surface area contributed by atoms with Crippen LogP contribution in [0.4, 0.5) is 5.69 Å². The van der Waals surface area contributed by atoms with Crippen LogP contribution < -0.4 is 5.32 Å². The Balaban J connectivity index is 2.24. The van der Waals surface area contributed by atoms with E-state index in [9.17, 15) is 4.79 Å². The van der Waals surface area contributed by atoms with Gasteiger partial charge in [-0.1, -0.05) is 0 Å². The molecule has 15 heavy (non-hydrogen) atoms. The maximum Gasteiger partial charge on any atom is 0.345 e. The Morgan fingerprint density at radius 3 is 3.07 bits per heavy atom. The summed E-state index contributed by atoms with van der Waals surface area (Å²) in [7, 11) is 0.